The van der Waals surface area contributed by atoms with E-state index in [2.05, 4.69) is 10.3 Å². The Morgan fingerprint density at radius 3 is 2.15 bits per heavy atom. The molecule has 10 heteroatoms. The molecule has 1 heterocycles. The van der Waals surface area contributed by atoms with Gasteiger partial charge in [0.05, 0.1) is 13.2 Å². The highest BCUT2D eigenvalue weighted by Gasteiger charge is 2.47. The highest BCUT2D eigenvalue weighted by Crippen LogP contribution is 2.64. The number of nitrogens with zero attached hydrogens (tertiary/aromatic N) is 1. The van der Waals surface area contributed by atoms with Crippen molar-refractivity contribution in [3.8, 4) is 0 Å². The monoisotopic (exact) mass is 324 g/mol. The van der Waals surface area contributed by atoms with E-state index < -0.39 is 20.7 Å². The molecule has 2 unspecified atom stereocenters. The molecule has 0 aliphatic heterocycles. The van der Waals surface area contributed by atoms with Crippen LogP contribution in [0.15, 0.2) is 24.4 Å². The molecule has 0 spiro atoms. The first-order valence-electron chi connectivity index (χ1n) is 5.95. The summed E-state index contributed by atoms with van der Waals surface area (Å²) in [6.07, 6.45) is 1.44. The third-order valence-corrected chi connectivity index (χ3v) is 6.69. The summed E-state index contributed by atoms with van der Waals surface area (Å²) in [7, 11) is -8.82. The van der Waals surface area contributed by atoms with E-state index in [1.54, 1.807) is 12.1 Å². The van der Waals surface area contributed by atoms with Crippen LogP contribution in [-0.4, -0.2) is 33.5 Å². The second kappa shape index (κ2) is 7.31. The number of hydrogen-bond acceptors (Lipinski definition) is 6. The lowest BCUT2D eigenvalue weighted by Crippen LogP contribution is -2.23. The molecule has 0 saturated heterocycles. The van der Waals surface area contributed by atoms with Crippen molar-refractivity contribution >= 4 is 21.0 Å². The van der Waals surface area contributed by atoms with E-state index in [0.717, 1.165) is 0 Å². The van der Waals surface area contributed by atoms with Gasteiger partial charge >= 0.3 is 15.2 Å². The predicted molar refractivity (Wildman–Crippen MR) is 74.6 cm³/mol. The van der Waals surface area contributed by atoms with Crippen molar-refractivity contribution in [3.05, 3.63) is 24.4 Å². The fourth-order valence-corrected chi connectivity index (χ4v) is 4.93. The maximum atomic E-state index is 12.1. The maximum absolute atomic E-state index is 12.1. The van der Waals surface area contributed by atoms with Crippen molar-refractivity contribution in [2.24, 2.45) is 0 Å². The van der Waals surface area contributed by atoms with Crippen LogP contribution in [0.5, 0.6) is 0 Å². The van der Waals surface area contributed by atoms with Crippen LogP contribution in [0.3, 0.4) is 0 Å². The van der Waals surface area contributed by atoms with Gasteiger partial charge in [0.1, 0.15) is 5.82 Å². The zero-order chi connectivity index (χ0) is 15.2. The summed E-state index contributed by atoms with van der Waals surface area (Å²) in [5.74, 6) is 0.167. The van der Waals surface area contributed by atoms with Crippen LogP contribution >= 0.6 is 15.2 Å². The van der Waals surface area contributed by atoms with E-state index >= 15 is 0 Å². The van der Waals surface area contributed by atoms with E-state index in [9.17, 15) is 18.9 Å². The molecule has 0 aromatic carbocycles. The second-order valence-electron chi connectivity index (χ2n) is 3.70. The number of nitrogens with one attached hydrogen (secondary N) is 1. The molecule has 0 aliphatic rings. The highest BCUT2D eigenvalue weighted by molar-refractivity contribution is 7.72. The molecule has 1 aromatic heterocycles. The Morgan fingerprint density at radius 2 is 1.75 bits per heavy atom. The minimum absolute atomic E-state index is 0.0830. The van der Waals surface area contributed by atoms with Gasteiger partial charge in [0.15, 0.2) is 0 Å². The lowest BCUT2D eigenvalue weighted by atomic mass is 10.5. The third kappa shape index (κ3) is 4.66. The molecular weight excluding hydrogens is 306 g/mol. The van der Waals surface area contributed by atoms with Gasteiger partial charge in [-0.3, -0.25) is 9.13 Å². The summed E-state index contributed by atoms with van der Waals surface area (Å²) < 4.78 is 33.6. The van der Waals surface area contributed by atoms with Gasteiger partial charge in [-0.15, -0.1) is 0 Å². The molecule has 0 radical (unpaired) electrons. The number of pyridine rings is 1. The molecular formula is C10H18N2O6P2. The summed E-state index contributed by atoms with van der Waals surface area (Å²) in [6, 6.07) is 4.76. The van der Waals surface area contributed by atoms with E-state index in [1.165, 1.54) is 26.1 Å². The minimum atomic E-state index is -4.41. The van der Waals surface area contributed by atoms with Crippen LogP contribution in [0.1, 0.15) is 13.8 Å². The predicted octanol–water partition coefficient (Wildman–Crippen LogP) is 2.22. The van der Waals surface area contributed by atoms with Crippen LogP contribution in [0.4, 0.5) is 5.82 Å². The Morgan fingerprint density at radius 1 is 1.20 bits per heavy atom. The van der Waals surface area contributed by atoms with Crippen molar-refractivity contribution in [1.29, 1.82) is 0 Å². The van der Waals surface area contributed by atoms with E-state index in [0.29, 0.717) is 0 Å². The molecule has 0 bridgehead atoms. The molecule has 114 valence electrons. The summed E-state index contributed by atoms with van der Waals surface area (Å²) in [4.78, 5) is 23.5. The zero-order valence-electron chi connectivity index (χ0n) is 11.2. The number of aromatic nitrogens is 1. The second-order valence-corrected chi connectivity index (χ2v) is 7.91. The van der Waals surface area contributed by atoms with Crippen LogP contribution < -0.4 is 5.32 Å². The van der Waals surface area contributed by atoms with Gasteiger partial charge in [-0.25, -0.2) is 4.98 Å². The van der Waals surface area contributed by atoms with Gasteiger partial charge < -0.3 is 24.2 Å². The summed E-state index contributed by atoms with van der Waals surface area (Å²) in [5.41, 5.74) is -1.80. The number of hydrogen-bond donors (Lipinski definition) is 3. The molecule has 20 heavy (non-hydrogen) atoms. The van der Waals surface area contributed by atoms with Gasteiger partial charge in [0.25, 0.3) is 0 Å². The average molecular weight is 324 g/mol. The van der Waals surface area contributed by atoms with E-state index in [4.69, 9.17) is 9.05 Å². The van der Waals surface area contributed by atoms with E-state index in [-0.39, 0.29) is 19.0 Å². The van der Waals surface area contributed by atoms with Crippen molar-refractivity contribution in [1.82, 2.24) is 4.98 Å². The van der Waals surface area contributed by atoms with Crippen molar-refractivity contribution < 1.29 is 28.0 Å². The highest BCUT2D eigenvalue weighted by atomic mass is 31.2. The fraction of sp³-hybridized carbons (Fsp3) is 0.500. The fourth-order valence-electron chi connectivity index (χ4n) is 1.44. The summed E-state index contributed by atoms with van der Waals surface area (Å²) in [5, 5.41) is 2.44. The molecule has 2 atom stereocenters. The van der Waals surface area contributed by atoms with Crippen LogP contribution in [0.2, 0.25) is 0 Å². The Balaban J connectivity index is 3.08. The molecule has 1 rings (SSSR count). The SMILES string of the molecule is CCOP(=O)(O)C(Nc1ccccn1)P(=O)(O)OCC. The smallest absolute Gasteiger partial charge is 0.346 e. The Bertz CT molecular complexity index is 486. The Hall–Kier alpha value is -0.750. The van der Waals surface area contributed by atoms with Crippen molar-refractivity contribution in [3.63, 3.8) is 0 Å². The first-order chi connectivity index (χ1) is 9.33. The summed E-state index contributed by atoms with van der Waals surface area (Å²) in [6.45, 7) is 2.84. The average Bonchev–Trinajstić information content (AvgIpc) is 2.36. The summed E-state index contributed by atoms with van der Waals surface area (Å²) >= 11 is 0. The third-order valence-electron chi connectivity index (χ3n) is 2.19. The largest absolute Gasteiger partial charge is 0.362 e. The van der Waals surface area contributed by atoms with Gasteiger partial charge in [0.2, 0.25) is 5.52 Å². The molecule has 0 aliphatic carbocycles. The van der Waals surface area contributed by atoms with Gasteiger partial charge in [-0.05, 0) is 26.0 Å². The molecule has 3 N–H and O–H groups in total. The zero-order valence-corrected chi connectivity index (χ0v) is 13.0. The topological polar surface area (TPSA) is 118 Å². The van der Waals surface area contributed by atoms with Crippen molar-refractivity contribution in [2.75, 3.05) is 18.5 Å². The standard InChI is InChI=1S/C10H18N2O6P2/c1-3-17-19(13,14)10(20(15,16)18-4-2)12-9-7-5-6-8-11-9/h5-8,10H,3-4H2,1-2H3,(H,11,12)(H,13,14)(H,15,16). The Kier molecular flexibility index (Phi) is 6.33. The molecule has 8 nitrogen and oxygen atoms in total. The van der Waals surface area contributed by atoms with Gasteiger partial charge in [0, 0.05) is 6.20 Å². The normalized spacial score (nSPS) is 18.8. The van der Waals surface area contributed by atoms with E-state index in [1.807, 2.05) is 0 Å². The van der Waals surface area contributed by atoms with Crippen LogP contribution in [0.25, 0.3) is 0 Å². The van der Waals surface area contributed by atoms with Gasteiger partial charge in [-0.1, -0.05) is 6.07 Å². The minimum Gasteiger partial charge on any atom is -0.346 e. The van der Waals surface area contributed by atoms with Crippen LogP contribution in [0, 0.1) is 0 Å². The van der Waals surface area contributed by atoms with Gasteiger partial charge in [-0.2, -0.15) is 0 Å². The first kappa shape index (κ1) is 17.3. The number of rotatable bonds is 8. The lowest BCUT2D eigenvalue weighted by Gasteiger charge is -2.26. The first-order valence-corrected chi connectivity index (χ1v) is 9.24. The molecule has 0 fully saturated rings. The van der Waals surface area contributed by atoms with Crippen molar-refractivity contribution in [2.45, 2.75) is 19.4 Å². The molecule has 1 aromatic rings. The quantitative estimate of drug-likeness (QED) is 0.623. The molecule has 0 saturated carbocycles. The Labute approximate surface area is 117 Å². The maximum Gasteiger partial charge on any atom is 0.362 e. The number of anilines is 1. The lowest BCUT2D eigenvalue weighted by molar-refractivity contribution is 0.250. The molecule has 0 amide bonds. The van der Waals surface area contributed by atoms with Crippen LogP contribution in [-0.2, 0) is 18.2 Å².